The highest BCUT2D eigenvalue weighted by Crippen LogP contribution is 2.44. The third kappa shape index (κ3) is 5.35. The van der Waals surface area contributed by atoms with Gasteiger partial charge in [0.2, 0.25) is 0 Å². The maximum atomic E-state index is 6.37. The van der Waals surface area contributed by atoms with Crippen LogP contribution in [0.5, 0.6) is 0 Å². The number of rotatable bonds is 6. The van der Waals surface area contributed by atoms with E-state index in [2.05, 4.69) is 194 Å². The Morgan fingerprint density at radius 2 is 0.906 bits per heavy atom. The Bertz CT molecular complexity index is 2940. The van der Waals surface area contributed by atoms with E-state index in [-0.39, 0.29) is 0 Å². The Morgan fingerprint density at radius 1 is 0.377 bits per heavy atom. The Morgan fingerprint density at radius 3 is 1.62 bits per heavy atom. The molecule has 0 aliphatic rings. The highest BCUT2D eigenvalue weighted by molar-refractivity contribution is 6.13. The van der Waals surface area contributed by atoms with Gasteiger partial charge in [-0.25, -0.2) is 0 Å². The van der Waals surface area contributed by atoms with Crippen LogP contribution in [0.15, 0.2) is 199 Å². The molecule has 10 rings (SSSR count). The van der Waals surface area contributed by atoms with Crippen molar-refractivity contribution in [2.75, 3.05) is 4.90 Å². The lowest BCUT2D eigenvalue weighted by molar-refractivity contribution is 0.669. The zero-order valence-corrected chi connectivity index (χ0v) is 29.3. The van der Waals surface area contributed by atoms with Crippen molar-refractivity contribution in [2.24, 2.45) is 0 Å². The number of aryl methyl sites for hydroxylation is 1. The third-order valence-corrected chi connectivity index (χ3v) is 10.6. The minimum atomic E-state index is 0.876. The summed E-state index contributed by atoms with van der Waals surface area (Å²) >= 11 is 0. The van der Waals surface area contributed by atoms with Crippen molar-refractivity contribution in [3.63, 3.8) is 0 Å². The van der Waals surface area contributed by atoms with Crippen molar-refractivity contribution >= 4 is 60.5 Å². The molecule has 0 bridgehead atoms. The molecule has 0 saturated heterocycles. The van der Waals surface area contributed by atoms with Gasteiger partial charge < -0.3 is 9.32 Å². The standard InChI is InChI=1S/C51H35NO/c1-34-33-41(31-32-42(34)46-19-9-14-38-12-3-5-16-45(38)46)52(48-20-10-22-50-51(48)47-17-6-7-21-49(47)53-50)40-29-27-36(28-30-40)35-23-25-39(26-24-35)44-18-8-13-37-11-2-4-15-43(37)44/h2-33H,1H3. The zero-order valence-electron chi connectivity index (χ0n) is 29.3. The van der Waals surface area contributed by atoms with Crippen LogP contribution in [0.3, 0.4) is 0 Å². The van der Waals surface area contributed by atoms with Crippen molar-refractivity contribution in [1.82, 2.24) is 0 Å². The van der Waals surface area contributed by atoms with E-state index in [0.717, 1.165) is 39.0 Å². The highest BCUT2D eigenvalue weighted by Gasteiger charge is 2.20. The largest absolute Gasteiger partial charge is 0.456 e. The van der Waals surface area contributed by atoms with Crippen molar-refractivity contribution in [1.29, 1.82) is 0 Å². The summed E-state index contributed by atoms with van der Waals surface area (Å²) in [5.41, 5.74) is 13.6. The zero-order chi connectivity index (χ0) is 35.3. The summed E-state index contributed by atoms with van der Waals surface area (Å²) in [7, 11) is 0. The first-order valence-electron chi connectivity index (χ1n) is 18.2. The first-order valence-corrected chi connectivity index (χ1v) is 18.2. The Hall–Kier alpha value is -6.90. The van der Waals surface area contributed by atoms with Gasteiger partial charge in [0.05, 0.1) is 11.1 Å². The number of anilines is 3. The van der Waals surface area contributed by atoms with Gasteiger partial charge >= 0.3 is 0 Å². The highest BCUT2D eigenvalue weighted by atomic mass is 16.3. The van der Waals surface area contributed by atoms with Gasteiger partial charge in [0.1, 0.15) is 11.2 Å². The third-order valence-electron chi connectivity index (χ3n) is 10.6. The summed E-state index contributed by atoms with van der Waals surface area (Å²) in [6.07, 6.45) is 0. The fraction of sp³-hybridized carbons (Fsp3) is 0.0196. The van der Waals surface area contributed by atoms with E-state index < -0.39 is 0 Å². The molecule has 0 N–H and O–H groups in total. The second-order valence-corrected chi connectivity index (χ2v) is 13.8. The predicted molar refractivity (Wildman–Crippen MR) is 224 cm³/mol. The van der Waals surface area contributed by atoms with Gasteiger partial charge in [0.15, 0.2) is 0 Å². The van der Waals surface area contributed by atoms with Crippen LogP contribution in [0.1, 0.15) is 5.56 Å². The maximum absolute atomic E-state index is 6.37. The average Bonchev–Trinajstić information content (AvgIpc) is 3.61. The Kier molecular flexibility index (Phi) is 7.40. The van der Waals surface area contributed by atoms with E-state index in [1.54, 1.807) is 0 Å². The second kappa shape index (κ2) is 12.7. The molecular weight excluding hydrogens is 643 g/mol. The molecule has 1 aromatic heterocycles. The molecule has 10 aromatic rings. The van der Waals surface area contributed by atoms with Crippen LogP contribution in [0.4, 0.5) is 17.1 Å². The van der Waals surface area contributed by atoms with E-state index in [4.69, 9.17) is 4.42 Å². The summed E-state index contributed by atoms with van der Waals surface area (Å²) in [5.74, 6) is 0. The monoisotopic (exact) mass is 677 g/mol. The second-order valence-electron chi connectivity index (χ2n) is 13.8. The molecule has 0 unspecified atom stereocenters. The van der Waals surface area contributed by atoms with Gasteiger partial charge in [-0.3, -0.25) is 0 Å². The average molecular weight is 678 g/mol. The molecule has 2 heteroatoms. The van der Waals surface area contributed by atoms with Gasteiger partial charge in [0.25, 0.3) is 0 Å². The predicted octanol–water partition coefficient (Wildman–Crippen LogP) is 14.7. The SMILES string of the molecule is Cc1cc(N(c2ccc(-c3ccc(-c4cccc5ccccc45)cc3)cc2)c2cccc3oc4ccccc4c23)ccc1-c1cccc2ccccc12. The molecule has 0 amide bonds. The molecule has 1 heterocycles. The van der Waals surface area contributed by atoms with Crippen molar-refractivity contribution < 1.29 is 4.42 Å². The Balaban J connectivity index is 1.07. The smallest absolute Gasteiger partial charge is 0.137 e. The van der Waals surface area contributed by atoms with Gasteiger partial charge in [-0.05, 0) is 110 Å². The van der Waals surface area contributed by atoms with Crippen LogP contribution in [0.25, 0.3) is 76.9 Å². The minimum absolute atomic E-state index is 0.876. The van der Waals surface area contributed by atoms with Crippen LogP contribution in [0.2, 0.25) is 0 Å². The van der Waals surface area contributed by atoms with Gasteiger partial charge in [-0.2, -0.15) is 0 Å². The lowest BCUT2D eigenvalue weighted by Gasteiger charge is -2.27. The molecular formula is C51H35NO. The number of fused-ring (bicyclic) bond motifs is 5. The van der Waals surface area contributed by atoms with Crippen LogP contribution in [0, 0.1) is 6.92 Å². The minimum Gasteiger partial charge on any atom is -0.456 e. The summed E-state index contributed by atoms with van der Waals surface area (Å²) < 4.78 is 6.37. The van der Waals surface area contributed by atoms with Gasteiger partial charge in [0, 0.05) is 16.8 Å². The summed E-state index contributed by atoms with van der Waals surface area (Å²) in [4.78, 5) is 2.37. The van der Waals surface area contributed by atoms with E-state index in [1.165, 1.54) is 60.5 Å². The molecule has 2 nitrogen and oxygen atoms in total. The fourth-order valence-corrected chi connectivity index (χ4v) is 8.04. The summed E-state index contributed by atoms with van der Waals surface area (Å²) in [6, 6.07) is 69.7. The molecule has 0 radical (unpaired) electrons. The maximum Gasteiger partial charge on any atom is 0.137 e. The van der Waals surface area contributed by atoms with Gasteiger partial charge in [-0.15, -0.1) is 0 Å². The molecule has 9 aromatic carbocycles. The molecule has 0 aliphatic heterocycles. The summed E-state index contributed by atoms with van der Waals surface area (Å²) in [6.45, 7) is 2.22. The van der Waals surface area contributed by atoms with Crippen molar-refractivity contribution in [3.05, 3.63) is 200 Å². The molecule has 0 fully saturated rings. The number of furan rings is 1. The van der Waals surface area contributed by atoms with Crippen LogP contribution < -0.4 is 4.90 Å². The van der Waals surface area contributed by atoms with Crippen molar-refractivity contribution in [2.45, 2.75) is 6.92 Å². The molecule has 0 saturated carbocycles. The molecule has 0 spiro atoms. The molecule has 0 aliphatic carbocycles. The molecule has 0 atom stereocenters. The number of hydrogen-bond acceptors (Lipinski definition) is 2. The van der Waals surface area contributed by atoms with Crippen LogP contribution >= 0.6 is 0 Å². The van der Waals surface area contributed by atoms with Crippen LogP contribution in [-0.2, 0) is 0 Å². The lowest BCUT2D eigenvalue weighted by Crippen LogP contribution is -2.10. The first kappa shape index (κ1) is 30.9. The van der Waals surface area contributed by atoms with Crippen molar-refractivity contribution in [3.8, 4) is 33.4 Å². The number of nitrogens with zero attached hydrogens (tertiary/aromatic N) is 1. The van der Waals surface area contributed by atoms with Gasteiger partial charge in [-0.1, -0.05) is 152 Å². The van der Waals surface area contributed by atoms with E-state index in [1.807, 2.05) is 12.1 Å². The first-order chi connectivity index (χ1) is 26.2. The molecule has 53 heavy (non-hydrogen) atoms. The summed E-state index contributed by atoms with van der Waals surface area (Å²) in [5, 5.41) is 7.25. The van der Waals surface area contributed by atoms with E-state index in [9.17, 15) is 0 Å². The van der Waals surface area contributed by atoms with Crippen LogP contribution in [-0.4, -0.2) is 0 Å². The Labute approximate surface area is 308 Å². The molecule has 250 valence electrons. The lowest BCUT2D eigenvalue weighted by atomic mass is 9.94. The topological polar surface area (TPSA) is 16.4 Å². The van der Waals surface area contributed by atoms with E-state index >= 15 is 0 Å². The normalized spacial score (nSPS) is 11.5. The fourth-order valence-electron chi connectivity index (χ4n) is 8.04. The quantitative estimate of drug-likeness (QED) is 0.174. The van der Waals surface area contributed by atoms with E-state index in [0.29, 0.717) is 0 Å². The number of benzene rings is 9. The number of para-hydroxylation sites is 1. The number of hydrogen-bond donors (Lipinski definition) is 0.